The van der Waals surface area contributed by atoms with Gasteiger partial charge in [0.1, 0.15) is 18.4 Å². The quantitative estimate of drug-likeness (QED) is 0.539. The van der Waals surface area contributed by atoms with Gasteiger partial charge >= 0.3 is 0 Å². The number of rotatable bonds is 11. The summed E-state index contributed by atoms with van der Waals surface area (Å²) in [4.78, 5) is 27.7. The molecule has 1 N–H and O–H groups in total. The highest BCUT2D eigenvalue weighted by molar-refractivity contribution is 7.92. The molecule has 0 unspecified atom stereocenters. The fraction of sp³-hybridized carbons (Fsp3) is 0.417. The van der Waals surface area contributed by atoms with Crippen molar-refractivity contribution in [3.05, 3.63) is 66.0 Å². The second kappa shape index (κ2) is 11.8. The smallest absolute Gasteiger partial charge is 0.244 e. The van der Waals surface area contributed by atoms with Gasteiger partial charge in [-0.2, -0.15) is 0 Å². The second-order valence-electron chi connectivity index (χ2n) is 8.29. The zero-order chi connectivity index (χ0) is 24.6. The van der Waals surface area contributed by atoms with Crippen LogP contribution >= 0.6 is 0 Å². The highest BCUT2D eigenvalue weighted by atomic mass is 32.2. The Morgan fingerprint density at radius 1 is 1.03 bits per heavy atom. The Labute approximate surface area is 195 Å². The van der Waals surface area contributed by atoms with Gasteiger partial charge in [0.2, 0.25) is 21.8 Å². The lowest BCUT2D eigenvalue weighted by atomic mass is 10.1. The molecule has 0 aliphatic heterocycles. The number of nitrogens with zero attached hydrogens (tertiary/aromatic N) is 2. The minimum absolute atomic E-state index is 0.113. The van der Waals surface area contributed by atoms with Crippen molar-refractivity contribution in [2.24, 2.45) is 5.92 Å². The molecule has 0 fully saturated rings. The van der Waals surface area contributed by atoms with Gasteiger partial charge < -0.3 is 10.2 Å². The van der Waals surface area contributed by atoms with Gasteiger partial charge in [-0.25, -0.2) is 12.8 Å². The van der Waals surface area contributed by atoms with Gasteiger partial charge in [-0.15, -0.1) is 0 Å². The third kappa shape index (κ3) is 7.56. The van der Waals surface area contributed by atoms with Crippen molar-refractivity contribution in [2.45, 2.75) is 39.8 Å². The molecule has 0 spiro atoms. The minimum atomic E-state index is -3.97. The number of carbonyl (C=O) groups excluding carboxylic acids is 2. The van der Waals surface area contributed by atoms with E-state index in [4.69, 9.17) is 0 Å². The predicted molar refractivity (Wildman–Crippen MR) is 128 cm³/mol. The average Bonchev–Trinajstić information content (AvgIpc) is 2.76. The summed E-state index contributed by atoms with van der Waals surface area (Å²) >= 11 is 0. The molecule has 0 aliphatic carbocycles. The fourth-order valence-corrected chi connectivity index (χ4v) is 4.22. The number of nitrogens with one attached hydrogen (secondary N) is 1. The fourth-order valence-electron chi connectivity index (χ4n) is 3.37. The van der Waals surface area contributed by atoms with Gasteiger partial charge in [-0.1, -0.05) is 63.2 Å². The summed E-state index contributed by atoms with van der Waals surface area (Å²) < 4.78 is 40.1. The van der Waals surface area contributed by atoms with Crippen LogP contribution in [0, 0.1) is 11.7 Å². The molecule has 2 rings (SSSR count). The van der Waals surface area contributed by atoms with Crippen LogP contribution in [0.5, 0.6) is 0 Å². The highest BCUT2D eigenvalue weighted by Gasteiger charge is 2.32. The molecule has 2 aromatic rings. The Morgan fingerprint density at radius 2 is 1.64 bits per heavy atom. The molecule has 0 aliphatic rings. The molecule has 33 heavy (non-hydrogen) atoms. The number of anilines is 1. The van der Waals surface area contributed by atoms with E-state index in [0.717, 1.165) is 22.2 Å². The topological polar surface area (TPSA) is 86.8 Å². The molecule has 0 radical (unpaired) electrons. The van der Waals surface area contributed by atoms with Crippen LogP contribution in [0.25, 0.3) is 0 Å². The number of amides is 2. The molecule has 2 aromatic carbocycles. The van der Waals surface area contributed by atoms with E-state index in [9.17, 15) is 22.4 Å². The standard InChI is InChI=1S/C24H32FN3O4S/c1-5-21(24(30)26-15-18(2)3)27(16-19-11-7-6-8-12-19)23(29)17-28(33(4,31)32)22-14-10-9-13-20(22)25/h6-14,18,21H,5,15-17H2,1-4H3,(H,26,30)/t21-/m1/s1. The molecule has 7 nitrogen and oxygen atoms in total. The van der Waals surface area contributed by atoms with Crippen molar-refractivity contribution in [1.82, 2.24) is 10.2 Å². The van der Waals surface area contributed by atoms with E-state index < -0.39 is 34.3 Å². The first-order valence-corrected chi connectivity index (χ1v) is 12.7. The van der Waals surface area contributed by atoms with Crippen molar-refractivity contribution < 1.29 is 22.4 Å². The molecule has 2 amide bonds. The Bertz CT molecular complexity index is 1040. The molecule has 180 valence electrons. The summed E-state index contributed by atoms with van der Waals surface area (Å²) in [5.41, 5.74) is 0.572. The SMILES string of the molecule is CC[C@H](C(=O)NCC(C)C)N(Cc1ccccc1)C(=O)CN(c1ccccc1F)S(C)(=O)=O. The molecule has 1 atom stereocenters. The summed E-state index contributed by atoms with van der Waals surface area (Å²) in [6.45, 7) is 5.66. The normalized spacial score (nSPS) is 12.3. The van der Waals surface area contributed by atoms with Gasteiger partial charge in [0.25, 0.3) is 0 Å². The molecule has 0 heterocycles. The molecule has 0 saturated heterocycles. The first-order chi connectivity index (χ1) is 15.5. The Hall–Kier alpha value is -2.94. The zero-order valence-electron chi connectivity index (χ0n) is 19.5. The summed E-state index contributed by atoms with van der Waals surface area (Å²) in [7, 11) is -3.97. The molecule has 0 bridgehead atoms. The number of para-hydroxylation sites is 1. The number of hydrogen-bond donors (Lipinski definition) is 1. The van der Waals surface area contributed by atoms with Crippen molar-refractivity contribution in [3.63, 3.8) is 0 Å². The summed E-state index contributed by atoms with van der Waals surface area (Å²) in [5.74, 6) is -1.44. The monoisotopic (exact) mass is 477 g/mol. The lowest BCUT2D eigenvalue weighted by Crippen LogP contribution is -2.52. The first kappa shape index (κ1) is 26.3. The van der Waals surface area contributed by atoms with E-state index in [0.29, 0.717) is 13.0 Å². The van der Waals surface area contributed by atoms with Crippen LogP contribution in [0.4, 0.5) is 10.1 Å². The van der Waals surface area contributed by atoms with Gasteiger partial charge in [-0.05, 0) is 30.0 Å². The number of sulfonamides is 1. The third-order valence-corrected chi connectivity index (χ3v) is 6.19. The van der Waals surface area contributed by atoms with E-state index in [1.165, 1.54) is 23.1 Å². The van der Waals surface area contributed by atoms with Crippen LogP contribution < -0.4 is 9.62 Å². The summed E-state index contributed by atoms with van der Waals surface area (Å²) in [6, 6.07) is 13.7. The molecular formula is C24H32FN3O4S. The van der Waals surface area contributed by atoms with Crippen LogP contribution in [0.2, 0.25) is 0 Å². The van der Waals surface area contributed by atoms with Crippen molar-refractivity contribution in [2.75, 3.05) is 23.7 Å². The van der Waals surface area contributed by atoms with Crippen molar-refractivity contribution in [3.8, 4) is 0 Å². The highest BCUT2D eigenvalue weighted by Crippen LogP contribution is 2.22. The van der Waals surface area contributed by atoms with E-state index in [2.05, 4.69) is 5.32 Å². The summed E-state index contributed by atoms with van der Waals surface area (Å²) in [6.07, 6.45) is 1.25. The van der Waals surface area contributed by atoms with E-state index in [1.807, 2.05) is 44.2 Å². The van der Waals surface area contributed by atoms with Gasteiger partial charge in [0.05, 0.1) is 11.9 Å². The van der Waals surface area contributed by atoms with Crippen LogP contribution in [-0.4, -0.2) is 50.5 Å². The lowest BCUT2D eigenvalue weighted by Gasteiger charge is -2.33. The molecule has 0 saturated carbocycles. The van der Waals surface area contributed by atoms with Crippen LogP contribution in [-0.2, 0) is 26.2 Å². The van der Waals surface area contributed by atoms with Crippen LogP contribution in [0.3, 0.4) is 0 Å². The number of hydrogen-bond acceptors (Lipinski definition) is 4. The van der Waals surface area contributed by atoms with Gasteiger partial charge in [0, 0.05) is 13.1 Å². The van der Waals surface area contributed by atoms with E-state index in [1.54, 1.807) is 6.92 Å². The van der Waals surface area contributed by atoms with Gasteiger partial charge in [0.15, 0.2) is 0 Å². The Balaban J connectivity index is 2.40. The van der Waals surface area contributed by atoms with Gasteiger partial charge in [-0.3, -0.25) is 13.9 Å². The van der Waals surface area contributed by atoms with E-state index in [-0.39, 0.29) is 24.1 Å². The average molecular weight is 478 g/mol. The van der Waals surface area contributed by atoms with Crippen molar-refractivity contribution >= 4 is 27.5 Å². The second-order valence-corrected chi connectivity index (χ2v) is 10.2. The molecule has 0 aromatic heterocycles. The maximum atomic E-state index is 14.4. The molecule has 9 heteroatoms. The number of halogens is 1. The summed E-state index contributed by atoms with van der Waals surface area (Å²) in [5, 5.41) is 2.85. The molecular weight excluding hydrogens is 445 g/mol. The maximum absolute atomic E-state index is 14.4. The predicted octanol–water partition coefficient (Wildman–Crippen LogP) is 3.17. The van der Waals surface area contributed by atoms with Crippen LogP contribution in [0.15, 0.2) is 54.6 Å². The number of carbonyl (C=O) groups is 2. The van der Waals surface area contributed by atoms with E-state index >= 15 is 0 Å². The maximum Gasteiger partial charge on any atom is 0.244 e. The largest absolute Gasteiger partial charge is 0.354 e. The zero-order valence-corrected chi connectivity index (χ0v) is 20.3. The first-order valence-electron chi connectivity index (χ1n) is 10.9. The minimum Gasteiger partial charge on any atom is -0.354 e. The Morgan fingerprint density at radius 3 is 2.18 bits per heavy atom. The number of benzene rings is 2. The van der Waals surface area contributed by atoms with Crippen LogP contribution in [0.1, 0.15) is 32.8 Å². The van der Waals surface area contributed by atoms with Crippen molar-refractivity contribution in [1.29, 1.82) is 0 Å². The Kier molecular flexibility index (Phi) is 9.40. The third-order valence-electron chi connectivity index (χ3n) is 5.07. The lowest BCUT2D eigenvalue weighted by molar-refractivity contribution is -0.140.